The number of H-pyrrole nitrogens is 1. The van der Waals surface area contributed by atoms with E-state index in [-0.39, 0.29) is 0 Å². The third kappa shape index (κ3) is 2.81. The highest BCUT2D eigenvalue weighted by atomic mass is 16.4. The summed E-state index contributed by atoms with van der Waals surface area (Å²) in [6.45, 7) is 3.32. The molecule has 1 aromatic carbocycles. The first-order chi connectivity index (χ1) is 9.20. The fourth-order valence-electron chi connectivity index (χ4n) is 2.77. The summed E-state index contributed by atoms with van der Waals surface area (Å²) in [6.07, 6.45) is 3.65. The van der Waals surface area contributed by atoms with Gasteiger partial charge in [-0.15, -0.1) is 0 Å². The second kappa shape index (κ2) is 5.09. The summed E-state index contributed by atoms with van der Waals surface area (Å²) in [5.41, 5.74) is 2.34. The number of aromatic amines is 1. The van der Waals surface area contributed by atoms with Crippen LogP contribution in [0.1, 0.15) is 26.2 Å². The lowest BCUT2D eigenvalue weighted by Crippen LogP contribution is -2.29. The van der Waals surface area contributed by atoms with Crippen molar-refractivity contribution in [1.82, 2.24) is 10.3 Å². The van der Waals surface area contributed by atoms with Gasteiger partial charge in [-0.25, -0.2) is 4.79 Å². The summed E-state index contributed by atoms with van der Waals surface area (Å²) < 4.78 is 4.99. The number of hydrogen-bond acceptors (Lipinski definition) is 4. The average Bonchev–Trinajstić information content (AvgIpc) is 2.96. The highest BCUT2D eigenvalue weighted by Gasteiger charge is 2.17. The number of benzene rings is 1. The normalized spacial score (nSPS) is 20.8. The minimum atomic E-state index is -0.407. The number of hydrogen-bond donors (Lipinski definition) is 3. The molecule has 1 aliphatic heterocycles. The van der Waals surface area contributed by atoms with E-state index in [0.717, 1.165) is 24.2 Å². The number of oxazole rings is 1. The molecule has 0 radical (unpaired) electrons. The van der Waals surface area contributed by atoms with E-state index in [1.165, 1.54) is 12.8 Å². The Morgan fingerprint density at radius 1 is 1.53 bits per heavy atom. The van der Waals surface area contributed by atoms with Crippen molar-refractivity contribution in [1.29, 1.82) is 0 Å². The van der Waals surface area contributed by atoms with E-state index >= 15 is 0 Å². The van der Waals surface area contributed by atoms with Crippen LogP contribution < -0.4 is 16.4 Å². The van der Waals surface area contributed by atoms with Crippen molar-refractivity contribution in [3.63, 3.8) is 0 Å². The van der Waals surface area contributed by atoms with Crippen LogP contribution in [0.25, 0.3) is 11.1 Å². The summed E-state index contributed by atoms with van der Waals surface area (Å²) in [6, 6.07) is 6.69. The lowest BCUT2D eigenvalue weighted by molar-refractivity contribution is 0.523. The number of rotatable bonds is 4. The van der Waals surface area contributed by atoms with Crippen LogP contribution in [0.2, 0.25) is 0 Å². The second-order valence-corrected chi connectivity index (χ2v) is 5.30. The standard InChI is InChI=1S/C14H19N3O2/c1-9(7-10-3-2-6-15-10)16-11-4-5-13-12(8-11)17-14(18)19-13/h4-5,8-10,15-16H,2-3,6-7H2,1H3,(H,17,18). The van der Waals surface area contributed by atoms with Gasteiger partial charge in [0.25, 0.3) is 0 Å². The monoisotopic (exact) mass is 261 g/mol. The minimum Gasteiger partial charge on any atom is -0.408 e. The van der Waals surface area contributed by atoms with Crippen LogP contribution in [0.3, 0.4) is 0 Å². The van der Waals surface area contributed by atoms with E-state index in [9.17, 15) is 4.79 Å². The van der Waals surface area contributed by atoms with Gasteiger partial charge in [-0.1, -0.05) is 0 Å². The van der Waals surface area contributed by atoms with E-state index < -0.39 is 5.76 Å². The Hall–Kier alpha value is -1.75. The first kappa shape index (κ1) is 12.3. The first-order valence-corrected chi connectivity index (χ1v) is 6.83. The zero-order valence-corrected chi connectivity index (χ0v) is 11.0. The molecule has 1 fully saturated rings. The molecule has 1 aliphatic rings. The molecule has 2 aromatic rings. The van der Waals surface area contributed by atoms with Gasteiger partial charge in [-0.3, -0.25) is 4.98 Å². The third-order valence-corrected chi connectivity index (χ3v) is 3.63. The fraction of sp³-hybridized carbons (Fsp3) is 0.500. The Labute approximate surface area is 111 Å². The molecule has 0 aliphatic carbocycles. The largest absolute Gasteiger partial charge is 0.417 e. The van der Waals surface area contributed by atoms with Crippen LogP contribution in [-0.2, 0) is 0 Å². The third-order valence-electron chi connectivity index (χ3n) is 3.63. The predicted octanol–water partition coefficient (Wildman–Crippen LogP) is 2.06. The molecule has 2 atom stereocenters. The van der Waals surface area contributed by atoms with Crippen LogP contribution in [0.15, 0.2) is 27.4 Å². The van der Waals surface area contributed by atoms with Gasteiger partial charge in [-0.2, -0.15) is 0 Å². The van der Waals surface area contributed by atoms with Crippen LogP contribution in [0, 0.1) is 0 Å². The van der Waals surface area contributed by atoms with Crippen LogP contribution >= 0.6 is 0 Å². The molecule has 0 spiro atoms. The Kier molecular flexibility index (Phi) is 3.29. The Morgan fingerprint density at radius 3 is 3.21 bits per heavy atom. The number of nitrogens with one attached hydrogen (secondary N) is 3. The molecule has 3 N–H and O–H groups in total. The van der Waals surface area contributed by atoms with Crippen molar-refractivity contribution < 1.29 is 4.42 Å². The summed E-state index contributed by atoms with van der Waals surface area (Å²) in [5, 5.41) is 6.97. The van der Waals surface area contributed by atoms with Gasteiger partial charge in [-0.05, 0) is 50.9 Å². The fourth-order valence-corrected chi connectivity index (χ4v) is 2.77. The van der Waals surface area contributed by atoms with Crippen LogP contribution in [-0.4, -0.2) is 23.6 Å². The maximum absolute atomic E-state index is 11.1. The maximum atomic E-state index is 11.1. The second-order valence-electron chi connectivity index (χ2n) is 5.30. The molecule has 3 rings (SSSR count). The molecule has 1 aromatic heterocycles. The van der Waals surface area contributed by atoms with Gasteiger partial charge < -0.3 is 15.1 Å². The predicted molar refractivity (Wildman–Crippen MR) is 75.6 cm³/mol. The SMILES string of the molecule is CC(CC1CCCN1)Nc1ccc2oc(=O)[nH]c2c1. The van der Waals surface area contributed by atoms with E-state index in [1.807, 2.05) is 18.2 Å². The van der Waals surface area contributed by atoms with E-state index in [2.05, 4.69) is 22.5 Å². The molecule has 2 unspecified atom stereocenters. The zero-order chi connectivity index (χ0) is 13.2. The molecule has 5 nitrogen and oxygen atoms in total. The number of aromatic nitrogens is 1. The smallest absolute Gasteiger partial charge is 0.408 e. The Balaban J connectivity index is 1.67. The van der Waals surface area contributed by atoms with Gasteiger partial charge in [0, 0.05) is 17.8 Å². The summed E-state index contributed by atoms with van der Waals surface area (Å²) in [4.78, 5) is 13.8. The van der Waals surface area contributed by atoms with Gasteiger partial charge in [0.05, 0.1) is 5.52 Å². The molecule has 1 saturated heterocycles. The van der Waals surface area contributed by atoms with Crippen molar-refractivity contribution in [2.45, 2.75) is 38.3 Å². The van der Waals surface area contributed by atoms with E-state index in [1.54, 1.807) is 0 Å². The highest BCUT2D eigenvalue weighted by Crippen LogP contribution is 2.19. The lowest BCUT2D eigenvalue weighted by Gasteiger charge is -2.19. The molecule has 0 saturated carbocycles. The van der Waals surface area contributed by atoms with Gasteiger partial charge >= 0.3 is 5.76 Å². The Bertz CT molecular complexity index is 610. The summed E-state index contributed by atoms with van der Waals surface area (Å²) in [7, 11) is 0. The molecular weight excluding hydrogens is 242 g/mol. The lowest BCUT2D eigenvalue weighted by atomic mass is 10.1. The molecular formula is C14H19N3O2. The molecule has 2 heterocycles. The van der Waals surface area contributed by atoms with Gasteiger partial charge in [0.2, 0.25) is 0 Å². The number of anilines is 1. The van der Waals surface area contributed by atoms with Crippen molar-refractivity contribution in [2.75, 3.05) is 11.9 Å². The zero-order valence-electron chi connectivity index (χ0n) is 11.0. The topological polar surface area (TPSA) is 70.1 Å². The maximum Gasteiger partial charge on any atom is 0.417 e. The Morgan fingerprint density at radius 2 is 2.42 bits per heavy atom. The van der Waals surface area contributed by atoms with E-state index in [4.69, 9.17) is 4.42 Å². The first-order valence-electron chi connectivity index (χ1n) is 6.83. The van der Waals surface area contributed by atoms with Crippen molar-refractivity contribution in [3.05, 3.63) is 28.7 Å². The van der Waals surface area contributed by atoms with Gasteiger partial charge in [0.15, 0.2) is 5.58 Å². The quantitative estimate of drug-likeness (QED) is 0.788. The van der Waals surface area contributed by atoms with Crippen molar-refractivity contribution >= 4 is 16.8 Å². The molecule has 19 heavy (non-hydrogen) atoms. The van der Waals surface area contributed by atoms with Gasteiger partial charge in [0.1, 0.15) is 0 Å². The van der Waals surface area contributed by atoms with E-state index in [0.29, 0.717) is 17.7 Å². The summed E-state index contributed by atoms with van der Waals surface area (Å²) >= 11 is 0. The average molecular weight is 261 g/mol. The number of fused-ring (bicyclic) bond motifs is 1. The van der Waals surface area contributed by atoms with Crippen LogP contribution in [0.5, 0.6) is 0 Å². The molecule has 102 valence electrons. The highest BCUT2D eigenvalue weighted by molar-refractivity contribution is 5.76. The minimum absolute atomic E-state index is 0.395. The summed E-state index contributed by atoms with van der Waals surface area (Å²) in [5.74, 6) is -0.407. The van der Waals surface area contributed by atoms with Crippen LogP contribution in [0.4, 0.5) is 5.69 Å². The van der Waals surface area contributed by atoms with Crippen molar-refractivity contribution in [2.24, 2.45) is 0 Å². The molecule has 0 amide bonds. The van der Waals surface area contributed by atoms with Crippen molar-refractivity contribution in [3.8, 4) is 0 Å². The molecule has 5 heteroatoms. The molecule has 0 bridgehead atoms.